The monoisotopic (exact) mass is 415 g/mol. The Kier molecular flexibility index (Phi) is 7.83. The van der Waals surface area contributed by atoms with Crippen LogP contribution in [-0.2, 0) is 6.54 Å². The van der Waals surface area contributed by atoms with Gasteiger partial charge >= 0.3 is 0 Å². The van der Waals surface area contributed by atoms with Crippen molar-refractivity contribution in [2.24, 2.45) is 5.92 Å². The van der Waals surface area contributed by atoms with Gasteiger partial charge in [-0.25, -0.2) is 0 Å². The van der Waals surface area contributed by atoms with E-state index in [0.717, 1.165) is 32.6 Å². The number of amides is 1. The summed E-state index contributed by atoms with van der Waals surface area (Å²) in [5.41, 5.74) is 1.92. The van der Waals surface area contributed by atoms with Crippen LogP contribution in [0.5, 0.6) is 0 Å². The number of carbonyl (C=O) groups is 1. The predicted molar refractivity (Wildman–Crippen MR) is 119 cm³/mol. The number of piperidine rings is 1. The third-order valence-electron chi connectivity index (χ3n) is 5.13. The number of hydrogen-bond donors (Lipinski definition) is 2. The summed E-state index contributed by atoms with van der Waals surface area (Å²) in [6.45, 7) is 4.09. The summed E-state index contributed by atoms with van der Waals surface area (Å²) in [5.74, 6) is 0.484. The molecule has 6 heteroatoms. The first-order valence-electron chi connectivity index (χ1n) is 9.71. The molecule has 1 saturated heterocycles. The number of nitrogens with one attached hydrogen (secondary N) is 2. The highest BCUT2D eigenvalue weighted by molar-refractivity contribution is 7.80. The Balaban J connectivity index is 1.31. The molecule has 0 saturated carbocycles. The van der Waals surface area contributed by atoms with Crippen LogP contribution < -0.4 is 10.6 Å². The minimum Gasteiger partial charge on any atom is -0.362 e. The van der Waals surface area contributed by atoms with E-state index in [1.807, 2.05) is 0 Å². The van der Waals surface area contributed by atoms with Gasteiger partial charge < -0.3 is 5.32 Å². The van der Waals surface area contributed by atoms with E-state index in [-0.39, 0.29) is 5.91 Å². The Morgan fingerprint density at radius 2 is 1.75 bits per heavy atom. The second-order valence-electron chi connectivity index (χ2n) is 7.21. The standard InChI is InChI=1S/C22H26ClN3OS/c23-20-8-6-19(7-9-20)21(27)25-22(28)24-13-10-17-11-14-26(15-12-17)16-18-4-2-1-3-5-18/h1-9,17H,10-16H2,(H2,24,25,27,28). The molecule has 4 nitrogen and oxygen atoms in total. The topological polar surface area (TPSA) is 44.4 Å². The maximum absolute atomic E-state index is 12.1. The summed E-state index contributed by atoms with van der Waals surface area (Å²) in [4.78, 5) is 14.7. The summed E-state index contributed by atoms with van der Waals surface area (Å²) in [5, 5.41) is 6.85. The lowest BCUT2D eigenvalue weighted by atomic mass is 9.93. The Morgan fingerprint density at radius 3 is 2.43 bits per heavy atom. The van der Waals surface area contributed by atoms with Crippen LogP contribution in [0.4, 0.5) is 0 Å². The van der Waals surface area contributed by atoms with Crippen molar-refractivity contribution in [1.82, 2.24) is 15.5 Å². The molecule has 1 amide bonds. The first-order chi connectivity index (χ1) is 13.6. The maximum Gasteiger partial charge on any atom is 0.257 e. The largest absolute Gasteiger partial charge is 0.362 e. The Morgan fingerprint density at radius 1 is 1.07 bits per heavy atom. The Labute approximate surface area is 177 Å². The molecule has 1 fully saturated rings. The zero-order chi connectivity index (χ0) is 19.8. The minimum absolute atomic E-state index is 0.219. The van der Waals surface area contributed by atoms with Crippen LogP contribution in [0, 0.1) is 5.92 Å². The molecular weight excluding hydrogens is 390 g/mol. The van der Waals surface area contributed by atoms with Gasteiger partial charge in [0.25, 0.3) is 5.91 Å². The van der Waals surface area contributed by atoms with E-state index in [2.05, 4.69) is 45.9 Å². The molecule has 0 aliphatic carbocycles. The molecule has 1 heterocycles. The Hall–Kier alpha value is -1.95. The number of carbonyl (C=O) groups excluding carboxylic acids is 1. The molecule has 148 valence electrons. The zero-order valence-electron chi connectivity index (χ0n) is 15.9. The van der Waals surface area contributed by atoms with Crippen molar-refractivity contribution in [2.75, 3.05) is 19.6 Å². The van der Waals surface area contributed by atoms with Gasteiger partial charge in [-0.1, -0.05) is 41.9 Å². The number of likely N-dealkylation sites (tertiary alicyclic amines) is 1. The number of halogens is 1. The number of benzene rings is 2. The zero-order valence-corrected chi connectivity index (χ0v) is 17.4. The lowest BCUT2D eigenvalue weighted by Crippen LogP contribution is -2.40. The number of nitrogens with zero attached hydrogens (tertiary/aromatic N) is 1. The summed E-state index contributed by atoms with van der Waals surface area (Å²) < 4.78 is 0. The molecule has 0 unspecified atom stereocenters. The fraction of sp³-hybridized carbons (Fsp3) is 0.364. The average Bonchev–Trinajstić information content (AvgIpc) is 2.70. The molecule has 2 aromatic rings. The fourth-order valence-electron chi connectivity index (χ4n) is 3.49. The van der Waals surface area contributed by atoms with Crippen LogP contribution in [0.2, 0.25) is 5.02 Å². The molecule has 3 rings (SSSR count). The minimum atomic E-state index is -0.219. The van der Waals surface area contributed by atoms with E-state index in [1.54, 1.807) is 24.3 Å². The van der Waals surface area contributed by atoms with Crippen LogP contribution in [-0.4, -0.2) is 35.6 Å². The molecule has 0 radical (unpaired) electrons. The van der Waals surface area contributed by atoms with E-state index in [1.165, 1.54) is 18.4 Å². The number of rotatable bonds is 6. The van der Waals surface area contributed by atoms with E-state index >= 15 is 0 Å². The first kappa shape index (κ1) is 20.8. The quantitative estimate of drug-likeness (QED) is 0.692. The molecule has 28 heavy (non-hydrogen) atoms. The van der Waals surface area contributed by atoms with Crippen molar-refractivity contribution < 1.29 is 4.79 Å². The predicted octanol–water partition coefficient (Wildman–Crippen LogP) is 4.25. The molecule has 0 aromatic heterocycles. The lowest BCUT2D eigenvalue weighted by Gasteiger charge is -2.32. The van der Waals surface area contributed by atoms with E-state index in [0.29, 0.717) is 21.6 Å². The van der Waals surface area contributed by atoms with Gasteiger partial charge in [0.1, 0.15) is 0 Å². The van der Waals surface area contributed by atoms with Crippen LogP contribution in [0.3, 0.4) is 0 Å². The average molecular weight is 416 g/mol. The van der Waals surface area contributed by atoms with Crippen molar-refractivity contribution in [3.63, 3.8) is 0 Å². The first-order valence-corrected chi connectivity index (χ1v) is 10.5. The van der Waals surface area contributed by atoms with Crippen LogP contribution in [0.15, 0.2) is 54.6 Å². The van der Waals surface area contributed by atoms with Gasteiger partial charge in [0, 0.05) is 23.7 Å². The van der Waals surface area contributed by atoms with Gasteiger partial charge in [0.05, 0.1) is 0 Å². The fourth-order valence-corrected chi connectivity index (χ4v) is 3.81. The van der Waals surface area contributed by atoms with Gasteiger partial charge in [0.2, 0.25) is 0 Å². The SMILES string of the molecule is O=C(NC(=S)NCCC1CCN(Cc2ccccc2)CC1)c1ccc(Cl)cc1. The summed E-state index contributed by atoms with van der Waals surface area (Å²) in [6, 6.07) is 17.4. The third kappa shape index (κ3) is 6.59. The molecule has 0 spiro atoms. The normalized spacial score (nSPS) is 15.2. The van der Waals surface area contributed by atoms with Gasteiger partial charge in [-0.2, -0.15) is 0 Å². The van der Waals surface area contributed by atoms with Gasteiger partial charge in [-0.05, 0) is 80.3 Å². The van der Waals surface area contributed by atoms with Crippen molar-refractivity contribution >= 4 is 34.8 Å². The molecule has 2 aromatic carbocycles. The Bertz CT molecular complexity index is 774. The van der Waals surface area contributed by atoms with Crippen molar-refractivity contribution in [2.45, 2.75) is 25.8 Å². The highest BCUT2D eigenvalue weighted by Crippen LogP contribution is 2.21. The van der Waals surface area contributed by atoms with Crippen molar-refractivity contribution in [1.29, 1.82) is 0 Å². The van der Waals surface area contributed by atoms with Crippen LogP contribution in [0.1, 0.15) is 35.2 Å². The van der Waals surface area contributed by atoms with E-state index < -0.39 is 0 Å². The van der Waals surface area contributed by atoms with E-state index in [4.69, 9.17) is 23.8 Å². The molecule has 0 atom stereocenters. The molecular formula is C22H26ClN3OS. The second kappa shape index (κ2) is 10.6. The second-order valence-corrected chi connectivity index (χ2v) is 8.06. The summed E-state index contributed by atoms with van der Waals surface area (Å²) >= 11 is 11.1. The van der Waals surface area contributed by atoms with Crippen molar-refractivity contribution in [3.05, 3.63) is 70.7 Å². The molecule has 0 bridgehead atoms. The highest BCUT2D eigenvalue weighted by atomic mass is 35.5. The van der Waals surface area contributed by atoms with Crippen LogP contribution >= 0.6 is 23.8 Å². The summed E-state index contributed by atoms with van der Waals surface area (Å²) in [7, 11) is 0. The lowest BCUT2D eigenvalue weighted by molar-refractivity contribution is 0.0976. The van der Waals surface area contributed by atoms with Crippen LogP contribution in [0.25, 0.3) is 0 Å². The number of thiocarbonyl (C=S) groups is 1. The van der Waals surface area contributed by atoms with Gasteiger partial charge in [-0.15, -0.1) is 0 Å². The maximum atomic E-state index is 12.1. The molecule has 1 aliphatic rings. The third-order valence-corrected chi connectivity index (χ3v) is 5.63. The van der Waals surface area contributed by atoms with E-state index in [9.17, 15) is 4.79 Å². The number of hydrogen-bond acceptors (Lipinski definition) is 3. The summed E-state index contributed by atoms with van der Waals surface area (Å²) in [6.07, 6.45) is 3.48. The van der Waals surface area contributed by atoms with Gasteiger partial charge in [0.15, 0.2) is 5.11 Å². The molecule has 2 N–H and O–H groups in total. The van der Waals surface area contributed by atoms with Crippen molar-refractivity contribution in [3.8, 4) is 0 Å². The van der Waals surface area contributed by atoms with Gasteiger partial charge in [-0.3, -0.25) is 15.0 Å². The molecule has 1 aliphatic heterocycles. The smallest absolute Gasteiger partial charge is 0.257 e. The highest BCUT2D eigenvalue weighted by Gasteiger charge is 2.19.